The molecule has 1 N–H and O–H groups in total. The van der Waals surface area contributed by atoms with E-state index in [1.165, 1.54) is 12.1 Å². The molecule has 1 aliphatic carbocycles. The molecule has 0 saturated carbocycles. The number of allylic oxidation sites excluding steroid dienone is 2. The van der Waals surface area contributed by atoms with Crippen LogP contribution < -0.4 is 10.2 Å². The van der Waals surface area contributed by atoms with Crippen LogP contribution in [0.3, 0.4) is 0 Å². The van der Waals surface area contributed by atoms with E-state index in [4.69, 9.17) is 0 Å². The number of anilines is 1. The number of nitrogens with one attached hydrogen (secondary N) is 1. The van der Waals surface area contributed by atoms with Gasteiger partial charge in [0.05, 0.1) is 0 Å². The van der Waals surface area contributed by atoms with E-state index in [-0.39, 0.29) is 5.82 Å². The largest absolute Gasteiger partial charge is 0.368 e. The van der Waals surface area contributed by atoms with Crippen molar-refractivity contribution in [2.45, 2.75) is 25.3 Å². The summed E-state index contributed by atoms with van der Waals surface area (Å²) in [6.45, 7) is 1.02. The molecule has 1 heterocycles. The van der Waals surface area contributed by atoms with Crippen LogP contribution in [-0.2, 0) is 4.79 Å². The number of carbonyl (C=O) groups excluding carboxylic acids is 1. The summed E-state index contributed by atoms with van der Waals surface area (Å²) in [5, 5.41) is 2.68. The zero-order valence-corrected chi connectivity index (χ0v) is 11.8. The summed E-state index contributed by atoms with van der Waals surface area (Å²) in [7, 11) is 0. The van der Waals surface area contributed by atoms with Gasteiger partial charge in [0.1, 0.15) is 5.82 Å². The normalized spacial score (nSPS) is 24.8. The smallest absolute Gasteiger partial charge is 0.211 e. The van der Waals surface area contributed by atoms with Gasteiger partial charge in [-0.15, -0.1) is 0 Å². The first-order valence-corrected chi connectivity index (χ1v) is 7.38. The van der Waals surface area contributed by atoms with Crippen LogP contribution in [0.5, 0.6) is 0 Å². The third kappa shape index (κ3) is 2.99. The highest BCUT2D eigenvalue weighted by atomic mass is 19.1. The Morgan fingerprint density at radius 2 is 2.10 bits per heavy atom. The lowest BCUT2D eigenvalue weighted by Gasteiger charge is -2.32. The zero-order valence-electron chi connectivity index (χ0n) is 11.8. The topological polar surface area (TPSA) is 32.3 Å². The van der Waals surface area contributed by atoms with E-state index in [1.807, 2.05) is 18.2 Å². The Bertz CT molecular complexity index is 565. The molecule has 1 saturated heterocycles. The molecule has 21 heavy (non-hydrogen) atoms. The number of amides is 1. The number of benzene rings is 1. The summed E-state index contributed by atoms with van der Waals surface area (Å²) in [5.74, 6) is 0.245. The van der Waals surface area contributed by atoms with E-state index in [9.17, 15) is 9.18 Å². The van der Waals surface area contributed by atoms with Crippen molar-refractivity contribution in [2.75, 3.05) is 11.4 Å². The second-order valence-corrected chi connectivity index (χ2v) is 5.56. The Balaban J connectivity index is 1.72. The predicted molar refractivity (Wildman–Crippen MR) is 81.3 cm³/mol. The molecule has 1 unspecified atom stereocenters. The van der Waals surface area contributed by atoms with Crippen LogP contribution in [0.2, 0.25) is 0 Å². The van der Waals surface area contributed by atoms with Gasteiger partial charge in [0.2, 0.25) is 6.41 Å². The van der Waals surface area contributed by atoms with Crippen LogP contribution in [-0.4, -0.2) is 19.0 Å². The molecule has 4 heteroatoms. The van der Waals surface area contributed by atoms with Crippen molar-refractivity contribution in [1.29, 1.82) is 0 Å². The van der Waals surface area contributed by atoms with Crippen molar-refractivity contribution in [1.82, 2.24) is 5.32 Å². The minimum atomic E-state index is -0.195. The average molecular weight is 286 g/mol. The van der Waals surface area contributed by atoms with Gasteiger partial charge in [0.25, 0.3) is 0 Å². The van der Waals surface area contributed by atoms with Crippen molar-refractivity contribution >= 4 is 12.1 Å². The highest BCUT2D eigenvalue weighted by molar-refractivity contribution is 5.53. The molecule has 2 atom stereocenters. The fourth-order valence-corrected chi connectivity index (χ4v) is 3.29. The number of hydrogen-bond acceptors (Lipinski definition) is 2. The standard InChI is InChI=1S/C17H19FN2O/c18-14-5-9-16(10-6-14)20-11-1-2-17(20)13-3-7-15(8-4-13)19-12-21/h3,5-10,12-13,17H,1-2,4,11H2,(H,19,21)/t13?,17-/m1/s1. The molecule has 2 aliphatic rings. The van der Waals surface area contributed by atoms with E-state index >= 15 is 0 Å². The Kier molecular flexibility index (Phi) is 4.04. The van der Waals surface area contributed by atoms with Crippen LogP contribution in [0.25, 0.3) is 0 Å². The van der Waals surface area contributed by atoms with Crippen molar-refractivity contribution in [3.05, 3.63) is 54.0 Å². The highest BCUT2D eigenvalue weighted by Crippen LogP contribution is 2.33. The zero-order chi connectivity index (χ0) is 14.7. The summed E-state index contributed by atoms with van der Waals surface area (Å²) in [6, 6.07) is 7.20. The predicted octanol–water partition coefficient (Wildman–Crippen LogP) is 3.00. The maximum atomic E-state index is 13.1. The number of hydrogen-bond donors (Lipinski definition) is 1. The van der Waals surface area contributed by atoms with Gasteiger partial charge in [-0.05, 0) is 49.6 Å². The van der Waals surface area contributed by atoms with E-state index in [0.717, 1.165) is 37.2 Å². The Morgan fingerprint density at radius 1 is 1.29 bits per heavy atom. The molecule has 110 valence electrons. The molecule has 1 fully saturated rings. The van der Waals surface area contributed by atoms with Gasteiger partial charge in [-0.3, -0.25) is 4.79 Å². The third-order valence-electron chi connectivity index (χ3n) is 4.31. The van der Waals surface area contributed by atoms with Gasteiger partial charge in [-0.2, -0.15) is 0 Å². The average Bonchev–Trinajstić information content (AvgIpc) is 2.99. The van der Waals surface area contributed by atoms with Gasteiger partial charge in [0, 0.05) is 29.9 Å². The summed E-state index contributed by atoms with van der Waals surface area (Å²) in [6.07, 6.45) is 10.2. The van der Waals surface area contributed by atoms with Gasteiger partial charge >= 0.3 is 0 Å². The first-order chi connectivity index (χ1) is 10.3. The fraction of sp³-hybridized carbons (Fsp3) is 0.353. The van der Waals surface area contributed by atoms with Crippen LogP contribution in [0, 0.1) is 11.7 Å². The van der Waals surface area contributed by atoms with Gasteiger partial charge < -0.3 is 10.2 Å². The van der Waals surface area contributed by atoms with E-state index in [2.05, 4.69) is 22.4 Å². The third-order valence-corrected chi connectivity index (χ3v) is 4.31. The second kappa shape index (κ2) is 6.12. The van der Waals surface area contributed by atoms with E-state index < -0.39 is 0 Å². The quantitative estimate of drug-likeness (QED) is 0.863. The Morgan fingerprint density at radius 3 is 2.76 bits per heavy atom. The molecule has 0 spiro atoms. The number of rotatable bonds is 4. The van der Waals surface area contributed by atoms with E-state index in [0.29, 0.717) is 18.4 Å². The molecule has 0 bridgehead atoms. The minimum absolute atomic E-state index is 0.195. The first kappa shape index (κ1) is 13.9. The number of nitrogens with zero attached hydrogens (tertiary/aromatic N) is 1. The van der Waals surface area contributed by atoms with E-state index in [1.54, 1.807) is 0 Å². The van der Waals surface area contributed by atoms with Gasteiger partial charge in [0.15, 0.2) is 0 Å². The lowest BCUT2D eigenvalue weighted by atomic mass is 9.90. The van der Waals surface area contributed by atoms with Crippen molar-refractivity contribution in [2.24, 2.45) is 5.92 Å². The van der Waals surface area contributed by atoms with Crippen LogP contribution in [0.1, 0.15) is 19.3 Å². The van der Waals surface area contributed by atoms with Gasteiger partial charge in [-0.1, -0.05) is 12.2 Å². The Labute approximate surface area is 124 Å². The molecule has 1 aromatic rings. The minimum Gasteiger partial charge on any atom is -0.368 e. The van der Waals surface area contributed by atoms with Gasteiger partial charge in [-0.25, -0.2) is 4.39 Å². The molecule has 0 aromatic heterocycles. The molecular formula is C17H19FN2O. The molecule has 3 rings (SSSR count). The van der Waals surface area contributed by atoms with Crippen LogP contribution in [0.4, 0.5) is 10.1 Å². The first-order valence-electron chi connectivity index (χ1n) is 7.38. The summed E-state index contributed by atoms with van der Waals surface area (Å²) >= 11 is 0. The second-order valence-electron chi connectivity index (χ2n) is 5.56. The monoisotopic (exact) mass is 286 g/mol. The molecule has 1 amide bonds. The fourth-order valence-electron chi connectivity index (χ4n) is 3.29. The number of carbonyl (C=O) groups is 1. The lowest BCUT2D eigenvalue weighted by molar-refractivity contribution is -0.108. The summed E-state index contributed by atoms with van der Waals surface area (Å²) in [4.78, 5) is 12.8. The number of halogens is 1. The summed E-state index contributed by atoms with van der Waals surface area (Å²) < 4.78 is 13.1. The lowest BCUT2D eigenvalue weighted by Crippen LogP contribution is -2.35. The van der Waals surface area contributed by atoms with Crippen LogP contribution >= 0.6 is 0 Å². The molecule has 3 nitrogen and oxygen atoms in total. The van der Waals surface area contributed by atoms with Crippen molar-refractivity contribution in [3.8, 4) is 0 Å². The highest BCUT2D eigenvalue weighted by Gasteiger charge is 2.30. The van der Waals surface area contributed by atoms with Crippen molar-refractivity contribution in [3.63, 3.8) is 0 Å². The maximum absolute atomic E-state index is 13.1. The molecular weight excluding hydrogens is 267 g/mol. The molecule has 1 aliphatic heterocycles. The molecule has 1 aromatic carbocycles. The van der Waals surface area contributed by atoms with Crippen molar-refractivity contribution < 1.29 is 9.18 Å². The maximum Gasteiger partial charge on any atom is 0.211 e. The SMILES string of the molecule is O=CNC1=CCC([C@H]2CCCN2c2ccc(F)cc2)C=C1. The molecule has 0 radical (unpaired) electrons. The van der Waals surface area contributed by atoms with Crippen LogP contribution in [0.15, 0.2) is 48.2 Å². The Hall–Kier alpha value is -2.10. The summed E-state index contributed by atoms with van der Waals surface area (Å²) in [5.41, 5.74) is 1.96.